The number of rotatable bonds is 7. The smallest absolute Gasteiger partial charge is 0.293 e. The average Bonchev–Trinajstić information content (AvgIpc) is 3.50. The van der Waals surface area contributed by atoms with E-state index in [9.17, 15) is 4.79 Å². The molecule has 0 amide bonds. The summed E-state index contributed by atoms with van der Waals surface area (Å²) in [5.74, 6) is 2.34. The van der Waals surface area contributed by atoms with Crippen LogP contribution >= 0.6 is 11.8 Å². The molecule has 3 fully saturated rings. The standard InChI is InChI=1S/C26H34N6O5S/c1-16-23(27)26(14-37-16)4-7-31(8-5-26)24-19(13-35-15-33)30-21(10-29-24)38-20-3-6-28-25-22(20)36-12-17-9-18(34-2)11-32(17)25/h3,6,10,15-18,23H,4-5,7-9,11-14,27H2,1-2H3/t16-,17-,18-,23+/m0/s1. The van der Waals surface area contributed by atoms with Crippen LogP contribution < -0.4 is 20.3 Å². The van der Waals surface area contributed by atoms with Crippen molar-refractivity contribution >= 4 is 29.9 Å². The summed E-state index contributed by atoms with van der Waals surface area (Å²) in [6, 6.07) is 2.24. The minimum atomic E-state index is 0.0106. The Kier molecular flexibility index (Phi) is 7.06. The number of carbonyl (C=O) groups is 1. The van der Waals surface area contributed by atoms with Crippen LogP contribution in [0.4, 0.5) is 11.6 Å². The van der Waals surface area contributed by atoms with Crippen molar-refractivity contribution in [2.75, 3.05) is 49.8 Å². The first-order valence-electron chi connectivity index (χ1n) is 13.1. The van der Waals surface area contributed by atoms with E-state index in [1.54, 1.807) is 19.5 Å². The largest absolute Gasteiger partial charge is 0.486 e. The molecular weight excluding hydrogens is 508 g/mol. The maximum atomic E-state index is 11.0. The third kappa shape index (κ3) is 4.57. The number of piperidine rings is 1. The first-order valence-corrected chi connectivity index (χ1v) is 14.0. The van der Waals surface area contributed by atoms with E-state index in [4.69, 9.17) is 34.6 Å². The van der Waals surface area contributed by atoms with Crippen LogP contribution in [-0.2, 0) is 25.6 Å². The molecule has 4 aliphatic heterocycles. The number of hydrogen-bond donors (Lipinski definition) is 1. The molecule has 2 aromatic heterocycles. The van der Waals surface area contributed by atoms with Crippen molar-refractivity contribution in [1.29, 1.82) is 0 Å². The van der Waals surface area contributed by atoms with Gasteiger partial charge in [-0.1, -0.05) is 11.8 Å². The van der Waals surface area contributed by atoms with Crippen molar-refractivity contribution < 1.29 is 23.7 Å². The van der Waals surface area contributed by atoms with Crippen molar-refractivity contribution in [2.24, 2.45) is 11.1 Å². The van der Waals surface area contributed by atoms with Gasteiger partial charge in [-0.3, -0.25) is 4.79 Å². The lowest BCUT2D eigenvalue weighted by Crippen LogP contribution is -2.51. The second-order valence-corrected chi connectivity index (χ2v) is 11.6. The van der Waals surface area contributed by atoms with Gasteiger partial charge in [-0.15, -0.1) is 0 Å². The molecule has 0 unspecified atom stereocenters. The van der Waals surface area contributed by atoms with E-state index in [-0.39, 0.29) is 36.3 Å². The van der Waals surface area contributed by atoms with Crippen molar-refractivity contribution in [2.45, 2.75) is 67.0 Å². The first kappa shape index (κ1) is 25.6. The van der Waals surface area contributed by atoms with Crippen LogP contribution in [0.2, 0.25) is 0 Å². The molecule has 2 N–H and O–H groups in total. The Morgan fingerprint density at radius 2 is 2.13 bits per heavy atom. The summed E-state index contributed by atoms with van der Waals surface area (Å²) in [5, 5.41) is 0.696. The Hall–Kier alpha value is -2.67. The van der Waals surface area contributed by atoms with Gasteiger partial charge in [-0.05, 0) is 32.3 Å². The molecule has 0 aliphatic carbocycles. The molecule has 6 heterocycles. The number of methoxy groups -OCH3 is 1. The SMILES string of the molecule is CO[C@H]1C[C@H]2COc3c(Sc4cnc(N5CCC6(CC5)CO[C@@H](C)[C@H]6N)c(COC=O)n4)ccnc3N2C1. The topological polar surface area (TPSA) is 125 Å². The minimum Gasteiger partial charge on any atom is -0.486 e. The van der Waals surface area contributed by atoms with E-state index in [1.807, 2.05) is 13.0 Å². The molecule has 11 nitrogen and oxygen atoms in total. The van der Waals surface area contributed by atoms with E-state index in [1.165, 1.54) is 11.8 Å². The van der Waals surface area contributed by atoms with Crippen molar-refractivity contribution in [3.63, 3.8) is 0 Å². The van der Waals surface area contributed by atoms with Gasteiger partial charge in [0, 0.05) is 44.4 Å². The molecule has 0 radical (unpaired) electrons. The molecule has 38 heavy (non-hydrogen) atoms. The molecule has 2 aromatic rings. The van der Waals surface area contributed by atoms with Gasteiger partial charge in [0.1, 0.15) is 23.9 Å². The number of nitrogens with two attached hydrogens (primary N) is 1. The van der Waals surface area contributed by atoms with E-state index in [0.717, 1.165) is 61.2 Å². The van der Waals surface area contributed by atoms with Crippen LogP contribution in [0, 0.1) is 5.41 Å². The Labute approximate surface area is 226 Å². The normalized spacial score (nSPS) is 27.7. The monoisotopic (exact) mass is 542 g/mol. The molecule has 12 heteroatoms. The molecule has 0 bridgehead atoms. The Bertz CT molecular complexity index is 1180. The number of aromatic nitrogens is 3. The molecule has 4 aliphatic rings. The fourth-order valence-electron chi connectivity index (χ4n) is 6.16. The highest BCUT2D eigenvalue weighted by molar-refractivity contribution is 7.99. The van der Waals surface area contributed by atoms with Crippen LogP contribution in [0.5, 0.6) is 5.75 Å². The summed E-state index contributed by atoms with van der Waals surface area (Å²) in [4.78, 5) is 30.7. The van der Waals surface area contributed by atoms with E-state index >= 15 is 0 Å². The van der Waals surface area contributed by atoms with Crippen LogP contribution in [0.3, 0.4) is 0 Å². The quantitative estimate of drug-likeness (QED) is 0.515. The van der Waals surface area contributed by atoms with Gasteiger partial charge in [0.2, 0.25) is 0 Å². The van der Waals surface area contributed by atoms with Crippen molar-refractivity contribution in [3.05, 3.63) is 24.2 Å². The predicted octanol–water partition coefficient (Wildman–Crippen LogP) is 2.01. The maximum absolute atomic E-state index is 11.0. The fraction of sp³-hybridized carbons (Fsp3) is 0.615. The highest BCUT2D eigenvalue weighted by Gasteiger charge is 2.48. The summed E-state index contributed by atoms with van der Waals surface area (Å²) < 4.78 is 22.8. The number of ether oxygens (including phenoxy) is 4. The number of anilines is 2. The number of fused-ring (bicyclic) bond motifs is 3. The highest BCUT2D eigenvalue weighted by Crippen LogP contribution is 2.45. The zero-order chi connectivity index (χ0) is 26.3. The maximum Gasteiger partial charge on any atom is 0.293 e. The molecule has 0 aromatic carbocycles. The Balaban J connectivity index is 1.21. The van der Waals surface area contributed by atoms with Crippen LogP contribution in [0.15, 0.2) is 28.4 Å². The summed E-state index contributed by atoms with van der Waals surface area (Å²) in [6.45, 7) is 6.24. The molecule has 3 saturated heterocycles. The predicted molar refractivity (Wildman–Crippen MR) is 141 cm³/mol. The minimum absolute atomic E-state index is 0.0106. The third-order valence-corrected chi connectivity index (χ3v) is 9.41. The lowest BCUT2D eigenvalue weighted by Gasteiger charge is -2.41. The molecule has 0 saturated carbocycles. The molecule has 204 valence electrons. The zero-order valence-corrected chi connectivity index (χ0v) is 22.6. The lowest BCUT2D eigenvalue weighted by atomic mass is 9.73. The third-order valence-electron chi connectivity index (χ3n) is 8.46. The second kappa shape index (κ2) is 10.5. The van der Waals surface area contributed by atoms with Gasteiger partial charge < -0.3 is 34.5 Å². The van der Waals surface area contributed by atoms with Gasteiger partial charge >= 0.3 is 0 Å². The van der Waals surface area contributed by atoms with Gasteiger partial charge in [-0.2, -0.15) is 0 Å². The average molecular weight is 543 g/mol. The van der Waals surface area contributed by atoms with Gasteiger partial charge in [0.05, 0.1) is 35.9 Å². The first-order chi connectivity index (χ1) is 18.5. The number of hydrogen-bond acceptors (Lipinski definition) is 12. The van der Waals surface area contributed by atoms with Crippen molar-refractivity contribution in [3.8, 4) is 5.75 Å². The van der Waals surface area contributed by atoms with Crippen LogP contribution in [-0.4, -0.2) is 85.7 Å². The Morgan fingerprint density at radius 3 is 2.87 bits per heavy atom. The number of nitrogens with zero attached hydrogens (tertiary/aromatic N) is 5. The van der Waals surface area contributed by atoms with Gasteiger partial charge in [-0.25, -0.2) is 15.0 Å². The summed E-state index contributed by atoms with van der Waals surface area (Å²) >= 11 is 1.47. The molecule has 4 atom stereocenters. The van der Waals surface area contributed by atoms with E-state index in [0.29, 0.717) is 30.4 Å². The van der Waals surface area contributed by atoms with Crippen LogP contribution in [0.1, 0.15) is 31.9 Å². The molecule has 6 rings (SSSR count). The summed E-state index contributed by atoms with van der Waals surface area (Å²) in [6.07, 6.45) is 6.60. The Morgan fingerprint density at radius 1 is 1.29 bits per heavy atom. The lowest BCUT2D eigenvalue weighted by molar-refractivity contribution is -0.129. The van der Waals surface area contributed by atoms with Gasteiger partial charge in [0.15, 0.2) is 17.4 Å². The van der Waals surface area contributed by atoms with E-state index < -0.39 is 0 Å². The zero-order valence-electron chi connectivity index (χ0n) is 21.7. The fourth-order valence-corrected chi connectivity index (χ4v) is 7.02. The van der Waals surface area contributed by atoms with E-state index in [2.05, 4.69) is 14.8 Å². The summed E-state index contributed by atoms with van der Waals surface area (Å²) in [5.41, 5.74) is 7.13. The highest BCUT2D eigenvalue weighted by atomic mass is 32.2. The van der Waals surface area contributed by atoms with Crippen molar-refractivity contribution in [1.82, 2.24) is 15.0 Å². The summed E-state index contributed by atoms with van der Waals surface area (Å²) in [7, 11) is 1.75. The second-order valence-electron chi connectivity index (χ2n) is 10.6. The number of pyridine rings is 1. The van der Waals surface area contributed by atoms with Gasteiger partial charge in [0.25, 0.3) is 6.47 Å². The number of carbonyl (C=O) groups excluding carboxylic acids is 1. The van der Waals surface area contributed by atoms with Crippen LogP contribution in [0.25, 0.3) is 0 Å². The molecular formula is C26H34N6O5S. The molecule has 1 spiro atoms.